The summed E-state index contributed by atoms with van der Waals surface area (Å²) in [6.07, 6.45) is 5.68. The molecule has 2 aromatic rings. The van der Waals surface area contributed by atoms with Crippen LogP contribution in [0.2, 0.25) is 0 Å². The number of nitrogens with zero attached hydrogens (tertiary/aromatic N) is 4. The highest BCUT2D eigenvalue weighted by atomic mass is 15.4. The molecule has 2 saturated carbocycles. The molecule has 5 nitrogen and oxygen atoms in total. The molecule has 0 atom stereocenters. The molecule has 2 fully saturated rings. The van der Waals surface area contributed by atoms with Gasteiger partial charge in [0, 0.05) is 24.0 Å². The molecule has 2 heterocycles. The van der Waals surface area contributed by atoms with Gasteiger partial charge in [-0.25, -0.2) is 9.67 Å². The minimum Gasteiger partial charge on any atom is -0.370 e. The maximum Gasteiger partial charge on any atom is 0.252 e. The zero-order chi connectivity index (χ0) is 16.0. The van der Waals surface area contributed by atoms with E-state index in [1.54, 1.807) is 0 Å². The summed E-state index contributed by atoms with van der Waals surface area (Å²) >= 11 is 0. The van der Waals surface area contributed by atoms with E-state index in [4.69, 9.17) is 0 Å². The Morgan fingerprint density at radius 2 is 1.74 bits per heavy atom. The highest BCUT2D eigenvalue weighted by Gasteiger charge is 2.41. The third-order valence-corrected chi connectivity index (χ3v) is 5.02. The second kappa shape index (κ2) is 5.62. The first-order chi connectivity index (χ1) is 11.1. The summed E-state index contributed by atoms with van der Waals surface area (Å²) < 4.78 is 1.83. The van der Waals surface area contributed by atoms with Crippen molar-refractivity contribution in [1.82, 2.24) is 19.7 Å². The Bertz CT molecular complexity index is 700. The van der Waals surface area contributed by atoms with Crippen LogP contribution in [-0.4, -0.2) is 26.3 Å². The van der Waals surface area contributed by atoms with Crippen molar-refractivity contribution >= 4 is 5.82 Å². The van der Waals surface area contributed by atoms with Gasteiger partial charge in [-0.2, -0.15) is 10.1 Å². The van der Waals surface area contributed by atoms with E-state index in [0.717, 1.165) is 47.2 Å². The van der Waals surface area contributed by atoms with E-state index in [0.29, 0.717) is 5.95 Å². The molecule has 0 saturated heterocycles. The number of hydrogen-bond donors (Lipinski definition) is 1. The lowest BCUT2D eigenvalue weighted by Gasteiger charge is -2.17. The minimum absolute atomic E-state index is 0.660. The summed E-state index contributed by atoms with van der Waals surface area (Å²) in [6, 6.07) is 4.08. The van der Waals surface area contributed by atoms with Crippen LogP contribution in [0.4, 0.5) is 5.82 Å². The number of aromatic nitrogens is 4. The highest BCUT2D eigenvalue weighted by molar-refractivity contribution is 5.39. The quantitative estimate of drug-likeness (QED) is 0.888. The molecule has 0 radical (unpaired) electrons. The third-order valence-electron chi connectivity index (χ3n) is 5.02. The molecule has 0 spiro atoms. The van der Waals surface area contributed by atoms with E-state index in [1.807, 2.05) is 31.5 Å². The van der Waals surface area contributed by atoms with Crippen molar-refractivity contribution in [1.29, 1.82) is 0 Å². The van der Waals surface area contributed by atoms with Crippen molar-refractivity contribution in [2.45, 2.75) is 46.5 Å². The molecule has 0 unspecified atom stereocenters. The lowest BCUT2D eigenvalue weighted by molar-refractivity contribution is 0.427. The second-order valence-corrected chi connectivity index (χ2v) is 7.25. The standard InChI is InChI=1S/C18H25N5/c1-11-9-17(19-10-16(14-4-5-14)15-6-7-15)21-18(20-11)23-13(3)8-12(2)22-23/h8-9,14-16H,4-7,10H2,1-3H3,(H,19,20,21). The molecule has 0 bridgehead atoms. The van der Waals surface area contributed by atoms with Crippen LogP contribution in [0.3, 0.4) is 0 Å². The van der Waals surface area contributed by atoms with Crippen LogP contribution >= 0.6 is 0 Å². The van der Waals surface area contributed by atoms with Crippen molar-refractivity contribution < 1.29 is 0 Å². The predicted octanol–water partition coefficient (Wildman–Crippen LogP) is 3.44. The van der Waals surface area contributed by atoms with E-state index >= 15 is 0 Å². The Morgan fingerprint density at radius 1 is 1.04 bits per heavy atom. The summed E-state index contributed by atoms with van der Waals surface area (Å²) in [5, 5.41) is 8.07. The van der Waals surface area contributed by atoms with Crippen molar-refractivity contribution in [3.63, 3.8) is 0 Å². The average molecular weight is 311 g/mol. The molecule has 0 aromatic carbocycles. The zero-order valence-electron chi connectivity index (χ0n) is 14.2. The van der Waals surface area contributed by atoms with Crippen LogP contribution in [-0.2, 0) is 0 Å². The maximum atomic E-state index is 4.69. The van der Waals surface area contributed by atoms with Gasteiger partial charge >= 0.3 is 0 Å². The SMILES string of the molecule is Cc1cc(NCC(C2CC2)C2CC2)nc(-n2nc(C)cc2C)n1. The normalized spacial score (nSPS) is 17.7. The summed E-state index contributed by atoms with van der Waals surface area (Å²) in [5.41, 5.74) is 3.02. The van der Waals surface area contributed by atoms with E-state index < -0.39 is 0 Å². The third kappa shape index (κ3) is 3.23. The molecule has 2 aliphatic rings. The Kier molecular flexibility index (Phi) is 3.58. The Balaban J connectivity index is 1.53. The second-order valence-electron chi connectivity index (χ2n) is 7.25. The monoisotopic (exact) mass is 311 g/mol. The van der Waals surface area contributed by atoms with Crippen LogP contribution in [0.15, 0.2) is 12.1 Å². The summed E-state index contributed by atoms with van der Waals surface area (Å²) in [6.45, 7) is 7.09. The summed E-state index contributed by atoms with van der Waals surface area (Å²) in [5.74, 6) is 4.32. The van der Waals surface area contributed by atoms with Crippen molar-refractivity contribution in [2.24, 2.45) is 17.8 Å². The topological polar surface area (TPSA) is 55.6 Å². The Morgan fingerprint density at radius 3 is 2.30 bits per heavy atom. The lowest BCUT2D eigenvalue weighted by Crippen LogP contribution is -2.19. The van der Waals surface area contributed by atoms with Crippen LogP contribution in [0.1, 0.15) is 42.8 Å². The summed E-state index contributed by atoms with van der Waals surface area (Å²) in [7, 11) is 0. The molecular formula is C18H25N5. The van der Waals surface area contributed by atoms with Crippen molar-refractivity contribution in [3.8, 4) is 5.95 Å². The van der Waals surface area contributed by atoms with Gasteiger partial charge in [-0.15, -0.1) is 0 Å². The highest BCUT2D eigenvalue weighted by Crippen LogP contribution is 2.49. The Labute approximate surface area is 137 Å². The van der Waals surface area contributed by atoms with E-state index in [9.17, 15) is 0 Å². The van der Waals surface area contributed by atoms with Crippen LogP contribution < -0.4 is 5.32 Å². The van der Waals surface area contributed by atoms with E-state index in [1.165, 1.54) is 25.7 Å². The first-order valence-corrected chi connectivity index (χ1v) is 8.73. The number of hydrogen-bond acceptors (Lipinski definition) is 4. The molecule has 5 heteroatoms. The number of anilines is 1. The van der Waals surface area contributed by atoms with Gasteiger partial charge in [0.25, 0.3) is 5.95 Å². The molecule has 23 heavy (non-hydrogen) atoms. The van der Waals surface area contributed by atoms with E-state index in [-0.39, 0.29) is 0 Å². The fraction of sp³-hybridized carbons (Fsp3) is 0.611. The minimum atomic E-state index is 0.660. The van der Waals surface area contributed by atoms with Gasteiger partial charge in [0.05, 0.1) is 5.69 Å². The zero-order valence-corrected chi connectivity index (χ0v) is 14.2. The fourth-order valence-electron chi connectivity index (χ4n) is 3.56. The largest absolute Gasteiger partial charge is 0.370 e. The molecule has 0 aliphatic heterocycles. The van der Waals surface area contributed by atoms with Crippen LogP contribution in [0.25, 0.3) is 5.95 Å². The Hall–Kier alpha value is -1.91. The molecule has 122 valence electrons. The van der Waals surface area contributed by atoms with Gasteiger partial charge < -0.3 is 5.32 Å². The van der Waals surface area contributed by atoms with Crippen molar-refractivity contribution in [2.75, 3.05) is 11.9 Å². The fourth-order valence-corrected chi connectivity index (χ4v) is 3.56. The lowest BCUT2D eigenvalue weighted by atomic mass is 9.98. The molecule has 2 aliphatic carbocycles. The molecule has 2 aromatic heterocycles. The molecule has 0 amide bonds. The number of aryl methyl sites for hydroxylation is 3. The van der Waals surface area contributed by atoms with Gasteiger partial charge in [-0.05, 0) is 70.3 Å². The maximum absolute atomic E-state index is 4.69. The number of rotatable bonds is 6. The molecule has 4 rings (SSSR count). The summed E-state index contributed by atoms with van der Waals surface area (Å²) in [4.78, 5) is 9.24. The first-order valence-electron chi connectivity index (χ1n) is 8.73. The smallest absolute Gasteiger partial charge is 0.252 e. The first kappa shape index (κ1) is 14.7. The van der Waals surface area contributed by atoms with E-state index in [2.05, 4.69) is 26.4 Å². The van der Waals surface area contributed by atoms with Gasteiger partial charge in [0.1, 0.15) is 5.82 Å². The van der Waals surface area contributed by atoms with Gasteiger partial charge in [-0.1, -0.05) is 0 Å². The molecular weight excluding hydrogens is 286 g/mol. The van der Waals surface area contributed by atoms with Crippen LogP contribution in [0.5, 0.6) is 0 Å². The van der Waals surface area contributed by atoms with Gasteiger partial charge in [0.2, 0.25) is 0 Å². The molecule has 1 N–H and O–H groups in total. The van der Waals surface area contributed by atoms with Crippen molar-refractivity contribution in [3.05, 3.63) is 29.2 Å². The van der Waals surface area contributed by atoms with Crippen LogP contribution in [0, 0.1) is 38.5 Å². The van der Waals surface area contributed by atoms with Gasteiger partial charge in [-0.3, -0.25) is 0 Å². The average Bonchev–Trinajstić information content (AvgIpc) is 3.39. The van der Waals surface area contributed by atoms with Gasteiger partial charge in [0.15, 0.2) is 0 Å². The predicted molar refractivity (Wildman–Crippen MR) is 90.8 cm³/mol. The number of nitrogens with one attached hydrogen (secondary N) is 1.